The molecule has 2 N–H and O–H groups in total. The Bertz CT molecular complexity index is 185. The number of carbonyl (C=O) groups is 1. The first-order valence-electron chi connectivity index (χ1n) is 3.37. The summed E-state index contributed by atoms with van der Waals surface area (Å²) >= 11 is 1.89. The lowest BCUT2D eigenvalue weighted by Gasteiger charge is -2.20. The van der Waals surface area contributed by atoms with Gasteiger partial charge in [-0.3, -0.25) is 0 Å². The molecule has 2 rings (SSSR count). The van der Waals surface area contributed by atoms with Crippen LogP contribution in [-0.4, -0.2) is 29.1 Å². The molecule has 0 bridgehead atoms. The summed E-state index contributed by atoms with van der Waals surface area (Å²) in [6.45, 7) is 2.09. The van der Waals surface area contributed by atoms with Gasteiger partial charge in [-0.05, 0) is 6.92 Å². The molecule has 10 heavy (non-hydrogen) atoms. The fourth-order valence-electron chi connectivity index (χ4n) is 1.45. The van der Waals surface area contributed by atoms with E-state index in [4.69, 9.17) is 0 Å². The fourth-order valence-corrected chi connectivity index (χ4v) is 2.95. The monoisotopic (exact) mass is 158 g/mol. The summed E-state index contributed by atoms with van der Waals surface area (Å²) in [5.74, 6) is 2.09. The maximum atomic E-state index is 10.8. The minimum Gasteiger partial charge on any atom is -0.332 e. The molecule has 0 spiro atoms. The Hall–Kier alpha value is -0.380. The number of amides is 2. The molecule has 0 radical (unpaired) electrons. The van der Waals surface area contributed by atoms with Crippen molar-refractivity contribution in [2.45, 2.75) is 18.5 Å². The van der Waals surface area contributed by atoms with Crippen molar-refractivity contribution in [2.75, 3.05) is 11.5 Å². The molecule has 0 aromatic rings. The number of nitrogens with one attached hydrogen (secondary N) is 2. The molecular weight excluding hydrogens is 148 g/mol. The molecule has 2 heterocycles. The third-order valence-electron chi connectivity index (χ3n) is 2.16. The van der Waals surface area contributed by atoms with Gasteiger partial charge >= 0.3 is 6.03 Å². The minimum absolute atomic E-state index is 0.00667. The van der Waals surface area contributed by atoms with Crippen molar-refractivity contribution in [3.63, 3.8) is 0 Å². The van der Waals surface area contributed by atoms with Gasteiger partial charge in [-0.25, -0.2) is 4.79 Å². The molecule has 56 valence electrons. The Balaban J connectivity index is 2.22. The van der Waals surface area contributed by atoms with Crippen LogP contribution in [0.25, 0.3) is 0 Å². The van der Waals surface area contributed by atoms with E-state index >= 15 is 0 Å². The maximum absolute atomic E-state index is 10.8. The van der Waals surface area contributed by atoms with E-state index in [1.807, 2.05) is 11.8 Å². The average molecular weight is 158 g/mol. The second kappa shape index (κ2) is 1.81. The van der Waals surface area contributed by atoms with Crippen LogP contribution in [0, 0.1) is 0 Å². The number of rotatable bonds is 0. The lowest BCUT2D eigenvalue weighted by atomic mass is 9.99. The van der Waals surface area contributed by atoms with Crippen molar-refractivity contribution in [2.24, 2.45) is 0 Å². The summed E-state index contributed by atoms with van der Waals surface area (Å²) in [5.41, 5.74) is 0.0295. The van der Waals surface area contributed by atoms with Crippen LogP contribution < -0.4 is 10.6 Å². The maximum Gasteiger partial charge on any atom is 0.315 e. The van der Waals surface area contributed by atoms with Gasteiger partial charge in [0.2, 0.25) is 0 Å². The molecule has 0 aromatic heterocycles. The van der Waals surface area contributed by atoms with Crippen molar-refractivity contribution >= 4 is 17.8 Å². The number of urea groups is 1. The van der Waals surface area contributed by atoms with E-state index in [1.54, 1.807) is 0 Å². The van der Waals surface area contributed by atoms with Gasteiger partial charge in [0.1, 0.15) is 0 Å². The van der Waals surface area contributed by atoms with Gasteiger partial charge in [-0.2, -0.15) is 11.8 Å². The molecule has 4 heteroatoms. The summed E-state index contributed by atoms with van der Waals surface area (Å²) in [6, 6.07) is 0.345. The van der Waals surface area contributed by atoms with Gasteiger partial charge in [0, 0.05) is 11.5 Å². The zero-order valence-electron chi connectivity index (χ0n) is 5.81. The summed E-state index contributed by atoms with van der Waals surface area (Å²) in [5, 5.41) is 5.81. The third kappa shape index (κ3) is 0.714. The molecule has 3 nitrogen and oxygen atoms in total. The Labute approximate surface area is 63.9 Å². The number of hydrogen-bond acceptors (Lipinski definition) is 2. The SMILES string of the molecule is C[C@@]12CSC[C@@H]1NC(=O)N2. The molecule has 2 saturated heterocycles. The summed E-state index contributed by atoms with van der Waals surface area (Å²) in [7, 11) is 0. The number of fused-ring (bicyclic) bond motifs is 1. The van der Waals surface area contributed by atoms with E-state index in [9.17, 15) is 4.79 Å². The zero-order valence-corrected chi connectivity index (χ0v) is 6.62. The van der Waals surface area contributed by atoms with Crippen LogP contribution in [0.1, 0.15) is 6.92 Å². The Morgan fingerprint density at radius 3 is 3.30 bits per heavy atom. The van der Waals surface area contributed by atoms with Gasteiger partial charge in [-0.15, -0.1) is 0 Å². The standard InChI is InChI=1S/C6H10N2OS/c1-6-3-10-2-4(6)7-5(9)8-6/h4H,2-3H2,1H3,(H2,7,8,9)/t4-,6+/m0/s1. The van der Waals surface area contributed by atoms with E-state index in [0.717, 1.165) is 11.5 Å². The van der Waals surface area contributed by atoms with E-state index in [2.05, 4.69) is 17.6 Å². The minimum atomic E-state index is -0.00667. The molecule has 0 aromatic carbocycles. The van der Waals surface area contributed by atoms with Crippen LogP contribution in [0.15, 0.2) is 0 Å². The predicted octanol–water partition coefficient (Wildman–Crippen LogP) is 0.173. The molecule has 2 aliphatic heterocycles. The zero-order chi connectivity index (χ0) is 7.19. The summed E-state index contributed by atoms with van der Waals surface area (Å²) in [6.07, 6.45) is 0. The highest BCUT2D eigenvalue weighted by molar-refractivity contribution is 7.99. The summed E-state index contributed by atoms with van der Waals surface area (Å²) < 4.78 is 0. The Kier molecular flexibility index (Phi) is 1.15. The highest BCUT2D eigenvalue weighted by Crippen LogP contribution is 2.30. The van der Waals surface area contributed by atoms with Gasteiger partial charge in [0.05, 0.1) is 11.6 Å². The highest BCUT2D eigenvalue weighted by Gasteiger charge is 2.46. The molecular formula is C6H10N2OS. The second-order valence-corrected chi connectivity index (χ2v) is 4.11. The number of thioether (sulfide) groups is 1. The molecule has 0 unspecified atom stereocenters. The third-order valence-corrected chi connectivity index (χ3v) is 3.53. The van der Waals surface area contributed by atoms with E-state index < -0.39 is 0 Å². The highest BCUT2D eigenvalue weighted by atomic mass is 32.2. The lowest BCUT2D eigenvalue weighted by molar-refractivity contribution is 0.246. The van der Waals surface area contributed by atoms with Crippen LogP contribution in [0.5, 0.6) is 0 Å². The Morgan fingerprint density at radius 2 is 2.60 bits per heavy atom. The van der Waals surface area contributed by atoms with E-state index in [0.29, 0.717) is 6.04 Å². The van der Waals surface area contributed by atoms with E-state index in [1.165, 1.54) is 0 Å². The predicted molar refractivity (Wildman–Crippen MR) is 41.2 cm³/mol. The van der Waals surface area contributed by atoms with Crippen LogP contribution in [0.3, 0.4) is 0 Å². The average Bonchev–Trinajstić information content (AvgIpc) is 2.20. The van der Waals surface area contributed by atoms with Crippen LogP contribution in [0.2, 0.25) is 0 Å². The fraction of sp³-hybridized carbons (Fsp3) is 0.833. The topological polar surface area (TPSA) is 41.1 Å². The Morgan fingerprint density at radius 1 is 1.80 bits per heavy atom. The van der Waals surface area contributed by atoms with Gasteiger partial charge < -0.3 is 10.6 Å². The largest absolute Gasteiger partial charge is 0.332 e. The number of carbonyl (C=O) groups excluding carboxylic acids is 1. The molecule has 2 fully saturated rings. The van der Waals surface area contributed by atoms with Crippen LogP contribution in [0.4, 0.5) is 4.79 Å². The first-order chi connectivity index (χ1) is 4.71. The first kappa shape index (κ1) is 6.34. The van der Waals surface area contributed by atoms with Crippen LogP contribution in [-0.2, 0) is 0 Å². The number of hydrogen-bond donors (Lipinski definition) is 2. The smallest absolute Gasteiger partial charge is 0.315 e. The van der Waals surface area contributed by atoms with Gasteiger partial charge in [0.25, 0.3) is 0 Å². The van der Waals surface area contributed by atoms with Crippen molar-refractivity contribution in [1.29, 1.82) is 0 Å². The van der Waals surface area contributed by atoms with Crippen LogP contribution >= 0.6 is 11.8 Å². The second-order valence-electron chi connectivity index (χ2n) is 3.08. The molecule has 0 aliphatic carbocycles. The van der Waals surface area contributed by atoms with Crippen molar-refractivity contribution in [3.05, 3.63) is 0 Å². The quantitative estimate of drug-likeness (QED) is 0.493. The molecule has 2 amide bonds. The van der Waals surface area contributed by atoms with Gasteiger partial charge in [0.15, 0.2) is 0 Å². The van der Waals surface area contributed by atoms with Gasteiger partial charge in [-0.1, -0.05) is 0 Å². The molecule has 2 atom stereocenters. The first-order valence-corrected chi connectivity index (χ1v) is 4.53. The lowest BCUT2D eigenvalue weighted by Crippen LogP contribution is -2.45. The normalized spacial score (nSPS) is 44.5. The molecule has 0 saturated carbocycles. The van der Waals surface area contributed by atoms with E-state index in [-0.39, 0.29) is 11.6 Å². The summed E-state index contributed by atoms with van der Waals surface area (Å²) in [4.78, 5) is 10.8. The van der Waals surface area contributed by atoms with Crippen molar-refractivity contribution < 1.29 is 4.79 Å². The molecule has 2 aliphatic rings. The van der Waals surface area contributed by atoms with Crippen molar-refractivity contribution in [3.8, 4) is 0 Å². The van der Waals surface area contributed by atoms with Crippen molar-refractivity contribution in [1.82, 2.24) is 10.6 Å².